The van der Waals surface area contributed by atoms with E-state index < -0.39 is 6.10 Å². The van der Waals surface area contributed by atoms with Crippen LogP contribution in [0, 0.1) is 5.92 Å². The zero-order valence-corrected chi connectivity index (χ0v) is 8.93. The predicted octanol–water partition coefficient (Wildman–Crippen LogP) is 3.24. The normalized spacial score (nSPS) is 22.3. The summed E-state index contributed by atoms with van der Waals surface area (Å²) in [6, 6.07) is 9.83. The topological polar surface area (TPSA) is 20.2 Å². The molecule has 2 rings (SSSR count). The first-order chi connectivity index (χ1) is 7.29. The van der Waals surface area contributed by atoms with E-state index in [1.54, 1.807) is 0 Å². The van der Waals surface area contributed by atoms with Gasteiger partial charge in [-0.1, -0.05) is 55.5 Å². The van der Waals surface area contributed by atoms with Crippen molar-refractivity contribution in [3.05, 3.63) is 59.7 Å². The molecule has 0 saturated carbocycles. The van der Waals surface area contributed by atoms with E-state index in [4.69, 9.17) is 0 Å². The van der Waals surface area contributed by atoms with Crippen LogP contribution in [0.1, 0.15) is 25.0 Å². The Hall–Kier alpha value is -1.34. The van der Waals surface area contributed by atoms with Gasteiger partial charge in [0.1, 0.15) is 6.10 Å². The Morgan fingerprint density at radius 1 is 1.27 bits per heavy atom. The molecular weight excluding hydrogens is 184 g/mol. The summed E-state index contributed by atoms with van der Waals surface area (Å²) in [6.07, 6.45) is 6.78. The first-order valence-electron chi connectivity index (χ1n) is 5.38. The van der Waals surface area contributed by atoms with Gasteiger partial charge in [0.2, 0.25) is 0 Å². The molecule has 1 nitrogen and oxygen atoms in total. The van der Waals surface area contributed by atoms with Crippen molar-refractivity contribution in [1.29, 1.82) is 0 Å². The quantitative estimate of drug-likeness (QED) is 0.777. The van der Waals surface area contributed by atoms with E-state index in [1.165, 1.54) is 0 Å². The lowest BCUT2D eigenvalue weighted by molar-refractivity contribution is 0.202. The minimum Gasteiger partial charge on any atom is -0.384 e. The number of aliphatic hydroxyl groups excluding tert-OH is 1. The van der Waals surface area contributed by atoms with E-state index in [0.29, 0.717) is 5.92 Å². The lowest BCUT2D eigenvalue weighted by Gasteiger charge is -2.22. The van der Waals surface area contributed by atoms with Crippen molar-refractivity contribution < 1.29 is 5.11 Å². The minimum absolute atomic E-state index is 0.435. The van der Waals surface area contributed by atoms with Crippen LogP contribution in [0.3, 0.4) is 0 Å². The molecular formula is C14H16O. The average molecular weight is 200 g/mol. The Morgan fingerprint density at radius 2 is 2.00 bits per heavy atom. The number of aliphatic hydroxyl groups is 1. The second kappa shape index (κ2) is 4.45. The summed E-state index contributed by atoms with van der Waals surface area (Å²) < 4.78 is 0. The molecule has 78 valence electrons. The van der Waals surface area contributed by atoms with Gasteiger partial charge in [-0.05, 0) is 23.5 Å². The fourth-order valence-corrected chi connectivity index (χ4v) is 1.95. The van der Waals surface area contributed by atoms with Crippen molar-refractivity contribution in [2.75, 3.05) is 0 Å². The van der Waals surface area contributed by atoms with Crippen molar-refractivity contribution in [2.24, 2.45) is 5.92 Å². The molecule has 0 aliphatic heterocycles. The van der Waals surface area contributed by atoms with Gasteiger partial charge < -0.3 is 5.11 Å². The standard InChI is InChI=1S/C14H16O/c1-11-7-5-6-10-13(11)14(15)12-8-3-2-4-9-12/h2-6,8-11,14-15H,7H2,1H3. The molecule has 1 aromatic carbocycles. The summed E-state index contributed by atoms with van der Waals surface area (Å²) >= 11 is 0. The molecule has 1 aromatic rings. The molecule has 0 aromatic heterocycles. The Labute approximate surface area is 90.8 Å². The third kappa shape index (κ3) is 2.18. The van der Waals surface area contributed by atoms with E-state index in [9.17, 15) is 5.11 Å². The average Bonchev–Trinajstić information content (AvgIpc) is 2.30. The molecule has 0 amide bonds. The monoisotopic (exact) mass is 200 g/mol. The summed E-state index contributed by atoms with van der Waals surface area (Å²) in [5.74, 6) is 0.435. The fraction of sp³-hybridized carbons (Fsp3) is 0.286. The van der Waals surface area contributed by atoms with Gasteiger partial charge in [-0.2, -0.15) is 0 Å². The molecule has 0 spiro atoms. The number of hydrogen-bond acceptors (Lipinski definition) is 1. The van der Waals surface area contributed by atoms with Crippen LogP contribution in [0.2, 0.25) is 0 Å². The minimum atomic E-state index is -0.453. The molecule has 0 bridgehead atoms. The van der Waals surface area contributed by atoms with Crippen LogP contribution in [-0.2, 0) is 0 Å². The lowest BCUT2D eigenvalue weighted by atomic mass is 9.87. The Morgan fingerprint density at radius 3 is 2.67 bits per heavy atom. The number of rotatable bonds is 2. The van der Waals surface area contributed by atoms with Gasteiger partial charge in [0.15, 0.2) is 0 Å². The second-order valence-electron chi connectivity index (χ2n) is 4.04. The zero-order valence-electron chi connectivity index (χ0n) is 8.93. The molecule has 0 fully saturated rings. The smallest absolute Gasteiger partial charge is 0.101 e. The highest BCUT2D eigenvalue weighted by Crippen LogP contribution is 2.31. The maximum Gasteiger partial charge on any atom is 0.101 e. The largest absolute Gasteiger partial charge is 0.384 e. The predicted molar refractivity (Wildman–Crippen MR) is 62.4 cm³/mol. The molecule has 1 heteroatoms. The number of allylic oxidation sites excluding steroid dienone is 3. The van der Waals surface area contributed by atoms with E-state index in [0.717, 1.165) is 17.6 Å². The first kappa shape index (κ1) is 10.2. The van der Waals surface area contributed by atoms with E-state index in [-0.39, 0.29) is 0 Å². The van der Waals surface area contributed by atoms with Gasteiger partial charge >= 0.3 is 0 Å². The van der Waals surface area contributed by atoms with Crippen molar-refractivity contribution in [3.8, 4) is 0 Å². The van der Waals surface area contributed by atoms with Crippen molar-refractivity contribution in [3.63, 3.8) is 0 Å². The van der Waals surface area contributed by atoms with Gasteiger partial charge in [-0.3, -0.25) is 0 Å². The highest BCUT2D eigenvalue weighted by atomic mass is 16.3. The summed E-state index contributed by atoms with van der Waals surface area (Å²) in [6.45, 7) is 2.15. The maximum absolute atomic E-state index is 10.2. The van der Waals surface area contributed by atoms with Gasteiger partial charge in [0.25, 0.3) is 0 Å². The molecule has 2 unspecified atom stereocenters. The van der Waals surface area contributed by atoms with Crippen molar-refractivity contribution in [2.45, 2.75) is 19.4 Å². The van der Waals surface area contributed by atoms with E-state index in [2.05, 4.69) is 13.0 Å². The maximum atomic E-state index is 10.2. The van der Waals surface area contributed by atoms with Crippen LogP contribution < -0.4 is 0 Å². The summed E-state index contributed by atoms with van der Waals surface area (Å²) in [5, 5.41) is 10.2. The van der Waals surface area contributed by atoms with Gasteiger partial charge in [0, 0.05) is 0 Å². The summed E-state index contributed by atoms with van der Waals surface area (Å²) in [5.41, 5.74) is 2.09. The van der Waals surface area contributed by atoms with Crippen LogP contribution in [0.4, 0.5) is 0 Å². The molecule has 1 aliphatic carbocycles. The first-order valence-corrected chi connectivity index (χ1v) is 5.38. The lowest BCUT2D eigenvalue weighted by Crippen LogP contribution is -2.10. The molecule has 0 saturated heterocycles. The second-order valence-corrected chi connectivity index (χ2v) is 4.04. The number of benzene rings is 1. The molecule has 15 heavy (non-hydrogen) atoms. The Balaban J connectivity index is 2.24. The van der Waals surface area contributed by atoms with E-state index in [1.807, 2.05) is 42.5 Å². The van der Waals surface area contributed by atoms with Crippen LogP contribution >= 0.6 is 0 Å². The van der Waals surface area contributed by atoms with Gasteiger partial charge in [-0.15, -0.1) is 0 Å². The summed E-state index contributed by atoms with van der Waals surface area (Å²) in [4.78, 5) is 0. The SMILES string of the molecule is CC1CC=CC=C1C(O)c1ccccc1. The van der Waals surface area contributed by atoms with Crippen LogP contribution in [-0.4, -0.2) is 5.11 Å². The third-order valence-corrected chi connectivity index (χ3v) is 2.91. The molecule has 2 atom stereocenters. The van der Waals surface area contributed by atoms with Crippen LogP contribution in [0.15, 0.2) is 54.1 Å². The van der Waals surface area contributed by atoms with Crippen molar-refractivity contribution in [1.82, 2.24) is 0 Å². The summed E-state index contributed by atoms with van der Waals surface area (Å²) in [7, 11) is 0. The van der Waals surface area contributed by atoms with Crippen LogP contribution in [0.5, 0.6) is 0 Å². The molecule has 0 radical (unpaired) electrons. The Bertz CT molecular complexity index is 376. The van der Waals surface area contributed by atoms with Crippen molar-refractivity contribution >= 4 is 0 Å². The Kier molecular flexibility index (Phi) is 3.02. The molecule has 0 heterocycles. The highest BCUT2D eigenvalue weighted by Gasteiger charge is 2.19. The fourth-order valence-electron chi connectivity index (χ4n) is 1.95. The zero-order chi connectivity index (χ0) is 10.7. The van der Waals surface area contributed by atoms with Crippen LogP contribution in [0.25, 0.3) is 0 Å². The van der Waals surface area contributed by atoms with Gasteiger partial charge in [-0.25, -0.2) is 0 Å². The van der Waals surface area contributed by atoms with Gasteiger partial charge in [0.05, 0.1) is 0 Å². The third-order valence-electron chi connectivity index (χ3n) is 2.91. The highest BCUT2D eigenvalue weighted by molar-refractivity contribution is 5.31. The number of hydrogen-bond donors (Lipinski definition) is 1. The van der Waals surface area contributed by atoms with E-state index >= 15 is 0 Å². The molecule has 1 N–H and O–H groups in total. The molecule has 1 aliphatic rings.